The first-order valence-corrected chi connectivity index (χ1v) is 3.02. The SMILES string of the molecule is O=C(OC/C=C/C(F)(F)F)C(F)F. The van der Waals surface area contributed by atoms with E-state index in [-0.39, 0.29) is 6.08 Å². The Morgan fingerprint density at radius 2 is 1.92 bits per heavy atom. The molecule has 2 nitrogen and oxygen atoms in total. The van der Waals surface area contributed by atoms with Crippen LogP contribution in [0.1, 0.15) is 0 Å². The van der Waals surface area contributed by atoms with Gasteiger partial charge in [0.15, 0.2) is 0 Å². The van der Waals surface area contributed by atoms with Gasteiger partial charge in [-0.25, -0.2) is 4.79 Å². The highest BCUT2D eigenvalue weighted by atomic mass is 19.4. The molecule has 7 heteroatoms. The molecule has 0 amide bonds. The number of hydrogen-bond donors (Lipinski definition) is 0. The van der Waals surface area contributed by atoms with Crippen molar-refractivity contribution in [1.29, 1.82) is 0 Å². The van der Waals surface area contributed by atoms with Gasteiger partial charge in [0.05, 0.1) is 0 Å². The fraction of sp³-hybridized carbons (Fsp3) is 0.500. The number of alkyl halides is 5. The molecule has 0 aromatic heterocycles. The minimum absolute atomic E-state index is 0.203. The third kappa shape index (κ3) is 7.23. The molecule has 0 spiro atoms. The summed E-state index contributed by atoms with van der Waals surface area (Å²) < 4.78 is 60.6. The van der Waals surface area contributed by atoms with E-state index in [1.165, 1.54) is 0 Å². The van der Waals surface area contributed by atoms with Crippen LogP contribution in [-0.4, -0.2) is 25.2 Å². The van der Waals surface area contributed by atoms with Crippen molar-refractivity contribution in [2.45, 2.75) is 12.6 Å². The van der Waals surface area contributed by atoms with Crippen LogP contribution in [0.4, 0.5) is 22.0 Å². The van der Waals surface area contributed by atoms with Crippen molar-refractivity contribution in [1.82, 2.24) is 0 Å². The first-order valence-electron chi connectivity index (χ1n) is 3.02. The van der Waals surface area contributed by atoms with E-state index in [9.17, 15) is 26.7 Å². The van der Waals surface area contributed by atoms with Crippen LogP contribution in [0.5, 0.6) is 0 Å². The van der Waals surface area contributed by atoms with Crippen molar-refractivity contribution in [3.63, 3.8) is 0 Å². The zero-order valence-corrected chi connectivity index (χ0v) is 6.15. The molecule has 0 aliphatic carbocycles. The molecule has 0 bridgehead atoms. The third-order valence-corrected chi connectivity index (χ3v) is 0.807. The van der Waals surface area contributed by atoms with Gasteiger partial charge in [0.2, 0.25) is 0 Å². The lowest BCUT2D eigenvalue weighted by molar-refractivity contribution is -0.155. The van der Waals surface area contributed by atoms with E-state index in [2.05, 4.69) is 4.74 Å². The van der Waals surface area contributed by atoms with Crippen molar-refractivity contribution in [2.75, 3.05) is 6.61 Å². The van der Waals surface area contributed by atoms with E-state index in [0.717, 1.165) is 0 Å². The van der Waals surface area contributed by atoms with Crippen LogP contribution in [0, 0.1) is 0 Å². The molecule has 0 unspecified atom stereocenters. The lowest BCUT2D eigenvalue weighted by Gasteiger charge is -2.00. The summed E-state index contributed by atoms with van der Waals surface area (Å²) in [5, 5.41) is 0. The van der Waals surface area contributed by atoms with E-state index in [0.29, 0.717) is 6.08 Å². The normalized spacial score (nSPS) is 12.5. The second-order valence-corrected chi connectivity index (χ2v) is 1.87. The van der Waals surface area contributed by atoms with E-state index in [1.54, 1.807) is 0 Å². The van der Waals surface area contributed by atoms with Crippen molar-refractivity contribution < 1.29 is 31.5 Å². The van der Waals surface area contributed by atoms with Crippen LogP contribution >= 0.6 is 0 Å². The molecule has 0 N–H and O–H groups in total. The first-order chi connectivity index (χ1) is 5.83. The summed E-state index contributed by atoms with van der Waals surface area (Å²) in [5.74, 6) is -1.84. The summed E-state index contributed by atoms with van der Waals surface area (Å²) in [7, 11) is 0. The topological polar surface area (TPSA) is 26.3 Å². The zero-order valence-electron chi connectivity index (χ0n) is 6.15. The zero-order chi connectivity index (χ0) is 10.5. The number of carbonyl (C=O) groups excluding carboxylic acids is 1. The first kappa shape index (κ1) is 11.9. The number of hydrogen-bond acceptors (Lipinski definition) is 2. The quantitative estimate of drug-likeness (QED) is 0.398. The standard InChI is InChI=1S/C6H5F5O2/c7-4(8)5(12)13-3-1-2-6(9,10)11/h1-2,4H,3H2/b2-1+. The fourth-order valence-electron chi connectivity index (χ4n) is 0.375. The molecule has 0 saturated carbocycles. The van der Waals surface area contributed by atoms with Gasteiger partial charge in [0.1, 0.15) is 6.61 Å². The Hall–Kier alpha value is -1.14. The number of allylic oxidation sites excluding steroid dienone is 1. The number of halogens is 5. The van der Waals surface area contributed by atoms with Gasteiger partial charge in [0.25, 0.3) is 0 Å². The molecule has 0 radical (unpaired) electrons. The Bertz CT molecular complexity index is 196. The van der Waals surface area contributed by atoms with E-state index < -0.39 is 25.2 Å². The van der Waals surface area contributed by atoms with E-state index >= 15 is 0 Å². The maximum absolute atomic E-state index is 11.4. The average molecular weight is 204 g/mol. The highest BCUT2D eigenvalue weighted by molar-refractivity contribution is 5.72. The predicted molar refractivity (Wildman–Crippen MR) is 32.2 cm³/mol. The van der Waals surface area contributed by atoms with Gasteiger partial charge in [0, 0.05) is 6.08 Å². The Morgan fingerprint density at radius 3 is 2.31 bits per heavy atom. The molecule has 0 fully saturated rings. The molecule has 76 valence electrons. The summed E-state index contributed by atoms with van der Waals surface area (Å²) in [6.07, 6.45) is -7.62. The lowest BCUT2D eigenvalue weighted by atomic mass is 10.5. The molecule has 0 rings (SSSR count). The number of rotatable bonds is 3. The predicted octanol–water partition coefficient (Wildman–Crippen LogP) is 1.91. The maximum Gasteiger partial charge on any atom is 0.409 e. The van der Waals surface area contributed by atoms with Crippen LogP contribution in [0.15, 0.2) is 12.2 Å². The second kappa shape index (κ2) is 4.78. The molecule has 0 saturated heterocycles. The second-order valence-electron chi connectivity index (χ2n) is 1.87. The van der Waals surface area contributed by atoms with Crippen LogP contribution < -0.4 is 0 Å². The largest absolute Gasteiger partial charge is 0.457 e. The fourth-order valence-corrected chi connectivity index (χ4v) is 0.375. The maximum atomic E-state index is 11.4. The number of carbonyl (C=O) groups is 1. The Morgan fingerprint density at radius 1 is 1.38 bits per heavy atom. The van der Waals surface area contributed by atoms with Crippen LogP contribution in [-0.2, 0) is 9.53 Å². The van der Waals surface area contributed by atoms with Gasteiger partial charge in [-0.3, -0.25) is 0 Å². The molecule has 0 aromatic rings. The van der Waals surface area contributed by atoms with Crippen LogP contribution in [0.25, 0.3) is 0 Å². The lowest BCUT2D eigenvalue weighted by Crippen LogP contribution is -2.14. The highest BCUT2D eigenvalue weighted by Crippen LogP contribution is 2.15. The summed E-state index contributed by atoms with van der Waals surface area (Å²) in [4.78, 5) is 9.98. The summed E-state index contributed by atoms with van der Waals surface area (Å²) in [5.41, 5.74) is 0. The molecule has 0 aliphatic heterocycles. The third-order valence-electron chi connectivity index (χ3n) is 0.807. The Balaban J connectivity index is 3.69. The molecular formula is C6H5F5O2. The van der Waals surface area contributed by atoms with Gasteiger partial charge in [-0.15, -0.1) is 0 Å². The molecule has 0 aliphatic rings. The monoisotopic (exact) mass is 204 g/mol. The molecule has 0 heterocycles. The minimum Gasteiger partial charge on any atom is -0.457 e. The average Bonchev–Trinajstić information content (AvgIpc) is 1.95. The van der Waals surface area contributed by atoms with Crippen molar-refractivity contribution in [2.24, 2.45) is 0 Å². The van der Waals surface area contributed by atoms with Crippen LogP contribution in [0.3, 0.4) is 0 Å². The van der Waals surface area contributed by atoms with Gasteiger partial charge in [-0.2, -0.15) is 22.0 Å². The summed E-state index contributed by atoms with van der Waals surface area (Å²) >= 11 is 0. The van der Waals surface area contributed by atoms with Gasteiger partial charge >= 0.3 is 18.6 Å². The molecule has 0 aromatic carbocycles. The van der Waals surface area contributed by atoms with E-state index in [4.69, 9.17) is 0 Å². The van der Waals surface area contributed by atoms with Crippen molar-refractivity contribution >= 4 is 5.97 Å². The van der Waals surface area contributed by atoms with Gasteiger partial charge < -0.3 is 4.74 Å². The summed E-state index contributed by atoms with van der Waals surface area (Å²) in [6, 6.07) is 0. The minimum atomic E-state index is -4.53. The summed E-state index contributed by atoms with van der Waals surface area (Å²) in [6.45, 7) is -0.817. The highest BCUT2D eigenvalue weighted by Gasteiger charge is 2.22. The molecular weight excluding hydrogens is 199 g/mol. The Labute approximate surface area is 70.0 Å². The van der Waals surface area contributed by atoms with Gasteiger partial charge in [-0.05, 0) is 6.08 Å². The number of ether oxygens (including phenoxy) is 1. The van der Waals surface area contributed by atoms with Crippen molar-refractivity contribution in [3.05, 3.63) is 12.2 Å². The Kier molecular flexibility index (Phi) is 4.36. The van der Waals surface area contributed by atoms with Crippen LogP contribution in [0.2, 0.25) is 0 Å². The number of esters is 1. The van der Waals surface area contributed by atoms with Crippen molar-refractivity contribution in [3.8, 4) is 0 Å². The molecule has 0 atom stereocenters. The smallest absolute Gasteiger partial charge is 0.409 e. The van der Waals surface area contributed by atoms with E-state index in [1.807, 2.05) is 0 Å². The van der Waals surface area contributed by atoms with Gasteiger partial charge in [-0.1, -0.05) is 0 Å². The molecule has 13 heavy (non-hydrogen) atoms.